The molecule has 0 saturated carbocycles. The van der Waals surface area contributed by atoms with Crippen LogP contribution < -0.4 is 10.1 Å². The summed E-state index contributed by atoms with van der Waals surface area (Å²) in [5.41, 5.74) is 1.33. The number of piperidine rings is 1. The fourth-order valence-electron chi connectivity index (χ4n) is 3.61. The Bertz CT molecular complexity index is 865. The summed E-state index contributed by atoms with van der Waals surface area (Å²) in [6.07, 6.45) is 1.85. The Balaban J connectivity index is 1.48. The van der Waals surface area contributed by atoms with E-state index in [-0.39, 0.29) is 36.4 Å². The van der Waals surface area contributed by atoms with Gasteiger partial charge in [0.25, 0.3) is 0 Å². The smallest absolute Gasteiger partial charge is 0.229 e. The molecule has 6 heteroatoms. The number of nitrogens with zero attached hydrogens (tertiary/aromatic N) is 1. The molecule has 0 aromatic heterocycles. The van der Waals surface area contributed by atoms with Crippen molar-refractivity contribution in [2.75, 3.05) is 25.0 Å². The zero-order chi connectivity index (χ0) is 21.3. The van der Waals surface area contributed by atoms with E-state index >= 15 is 0 Å². The molecule has 1 aliphatic rings. The maximum absolute atomic E-state index is 12.6. The number of likely N-dealkylation sites (tertiary alicyclic amines) is 1. The molecule has 158 valence electrons. The van der Waals surface area contributed by atoms with Crippen LogP contribution >= 0.6 is 0 Å². The van der Waals surface area contributed by atoms with Crippen molar-refractivity contribution < 1.29 is 19.1 Å². The van der Waals surface area contributed by atoms with E-state index in [1.165, 1.54) is 0 Å². The molecule has 3 rings (SSSR count). The molecule has 0 spiro atoms. The number of carbonyl (C=O) groups is 3. The number of carbonyl (C=O) groups excluding carboxylic acids is 3. The van der Waals surface area contributed by atoms with Crippen LogP contribution in [0.1, 0.15) is 43.0 Å². The van der Waals surface area contributed by atoms with E-state index in [9.17, 15) is 14.4 Å². The Morgan fingerprint density at radius 1 is 1.03 bits per heavy atom. The van der Waals surface area contributed by atoms with Gasteiger partial charge in [-0.2, -0.15) is 0 Å². The fourth-order valence-corrected chi connectivity index (χ4v) is 3.61. The maximum Gasteiger partial charge on any atom is 0.229 e. The Kier molecular flexibility index (Phi) is 7.60. The van der Waals surface area contributed by atoms with Gasteiger partial charge in [0.15, 0.2) is 5.78 Å². The molecule has 0 aliphatic carbocycles. The van der Waals surface area contributed by atoms with Crippen molar-refractivity contribution in [3.8, 4) is 5.75 Å². The number of rotatable bonds is 8. The highest BCUT2D eigenvalue weighted by Crippen LogP contribution is 2.20. The predicted octanol–water partition coefficient (Wildman–Crippen LogP) is 3.93. The van der Waals surface area contributed by atoms with Crippen LogP contribution in [0.3, 0.4) is 0 Å². The minimum atomic E-state index is -0.232. The highest BCUT2D eigenvalue weighted by atomic mass is 16.5. The van der Waals surface area contributed by atoms with Crippen LogP contribution in [0.2, 0.25) is 0 Å². The summed E-state index contributed by atoms with van der Waals surface area (Å²) in [5, 5.41) is 2.92. The van der Waals surface area contributed by atoms with Gasteiger partial charge in [0.1, 0.15) is 5.75 Å². The van der Waals surface area contributed by atoms with Crippen molar-refractivity contribution in [2.45, 2.75) is 32.6 Å². The Morgan fingerprint density at radius 2 is 1.77 bits per heavy atom. The largest absolute Gasteiger partial charge is 0.494 e. The highest BCUT2D eigenvalue weighted by molar-refractivity contribution is 5.98. The van der Waals surface area contributed by atoms with Crippen molar-refractivity contribution in [3.05, 3.63) is 60.2 Å². The first kappa shape index (κ1) is 21.6. The second kappa shape index (κ2) is 10.6. The molecule has 2 amide bonds. The number of nitrogens with one attached hydrogen (secondary N) is 1. The van der Waals surface area contributed by atoms with Gasteiger partial charge in [-0.1, -0.05) is 18.2 Å². The highest BCUT2D eigenvalue weighted by Gasteiger charge is 2.28. The lowest BCUT2D eigenvalue weighted by atomic mass is 9.96. The first-order valence-corrected chi connectivity index (χ1v) is 10.5. The van der Waals surface area contributed by atoms with Crippen LogP contribution in [-0.4, -0.2) is 42.2 Å². The van der Waals surface area contributed by atoms with Gasteiger partial charge < -0.3 is 15.0 Å². The molecule has 30 heavy (non-hydrogen) atoms. The molecule has 2 aromatic rings. The minimum absolute atomic E-state index is 0.0656. The third-order valence-electron chi connectivity index (χ3n) is 5.24. The molecule has 0 bridgehead atoms. The molecular weight excluding hydrogens is 380 g/mol. The molecule has 1 saturated heterocycles. The van der Waals surface area contributed by atoms with Crippen LogP contribution in [0.4, 0.5) is 5.69 Å². The summed E-state index contributed by atoms with van der Waals surface area (Å²) in [6.45, 7) is 3.50. The molecular formula is C24H28N2O4. The zero-order valence-electron chi connectivity index (χ0n) is 17.3. The normalized spacial score (nSPS) is 16.0. The minimum Gasteiger partial charge on any atom is -0.494 e. The molecule has 2 aromatic carbocycles. The Hall–Kier alpha value is -3.15. The molecule has 0 radical (unpaired) electrons. The van der Waals surface area contributed by atoms with Crippen LogP contribution in [0.15, 0.2) is 54.6 Å². The summed E-state index contributed by atoms with van der Waals surface area (Å²) < 4.78 is 5.38. The molecule has 6 nitrogen and oxygen atoms in total. The number of amides is 2. The van der Waals surface area contributed by atoms with Gasteiger partial charge in [0.2, 0.25) is 11.8 Å². The standard InChI is InChI=1S/C24H28N2O4/c1-2-30-21-12-10-18(11-13-21)22(27)14-15-23(28)26-16-6-7-19(17-26)24(29)25-20-8-4-3-5-9-20/h3-5,8-13,19H,2,6-7,14-17H2,1H3,(H,25,29). The van der Waals surface area contributed by atoms with Gasteiger partial charge in [0, 0.05) is 37.2 Å². The van der Waals surface area contributed by atoms with E-state index in [4.69, 9.17) is 4.74 Å². The molecule has 1 fully saturated rings. The first-order chi connectivity index (χ1) is 14.6. The van der Waals surface area contributed by atoms with E-state index in [2.05, 4.69) is 5.32 Å². The topological polar surface area (TPSA) is 75.7 Å². The van der Waals surface area contributed by atoms with Gasteiger partial charge in [-0.15, -0.1) is 0 Å². The van der Waals surface area contributed by atoms with Gasteiger partial charge in [-0.3, -0.25) is 14.4 Å². The van der Waals surface area contributed by atoms with Crippen molar-refractivity contribution in [1.29, 1.82) is 0 Å². The third kappa shape index (κ3) is 5.92. The van der Waals surface area contributed by atoms with Crippen molar-refractivity contribution >= 4 is 23.3 Å². The lowest BCUT2D eigenvalue weighted by Gasteiger charge is -2.32. The Labute approximate surface area is 177 Å². The number of anilines is 1. The lowest BCUT2D eigenvalue weighted by molar-refractivity contribution is -0.134. The summed E-state index contributed by atoms with van der Waals surface area (Å²) in [4.78, 5) is 39.3. The second-order valence-electron chi connectivity index (χ2n) is 7.41. The molecule has 1 N–H and O–H groups in total. The van der Waals surface area contributed by atoms with Crippen LogP contribution in [0.5, 0.6) is 5.75 Å². The number of benzene rings is 2. The molecule has 1 unspecified atom stereocenters. The average molecular weight is 408 g/mol. The number of Topliss-reactive ketones (excluding diaryl/α,β-unsaturated/α-hetero) is 1. The number of ether oxygens (including phenoxy) is 1. The zero-order valence-corrected chi connectivity index (χ0v) is 17.3. The van der Waals surface area contributed by atoms with E-state index in [0.29, 0.717) is 25.3 Å². The predicted molar refractivity (Wildman–Crippen MR) is 116 cm³/mol. The molecule has 1 aliphatic heterocycles. The van der Waals surface area contributed by atoms with Crippen molar-refractivity contribution in [1.82, 2.24) is 4.90 Å². The monoisotopic (exact) mass is 408 g/mol. The number of hydrogen-bond donors (Lipinski definition) is 1. The molecule has 1 heterocycles. The number of para-hydroxylation sites is 1. The Morgan fingerprint density at radius 3 is 2.47 bits per heavy atom. The fraction of sp³-hybridized carbons (Fsp3) is 0.375. The van der Waals surface area contributed by atoms with Crippen LogP contribution in [-0.2, 0) is 9.59 Å². The number of hydrogen-bond acceptors (Lipinski definition) is 4. The van der Waals surface area contributed by atoms with E-state index in [0.717, 1.165) is 24.3 Å². The summed E-state index contributed by atoms with van der Waals surface area (Å²) in [7, 11) is 0. The molecule has 1 atom stereocenters. The van der Waals surface area contributed by atoms with E-state index in [1.54, 1.807) is 29.2 Å². The average Bonchev–Trinajstić information content (AvgIpc) is 2.78. The van der Waals surface area contributed by atoms with Gasteiger partial charge in [-0.25, -0.2) is 0 Å². The van der Waals surface area contributed by atoms with Gasteiger partial charge in [-0.05, 0) is 56.2 Å². The lowest BCUT2D eigenvalue weighted by Crippen LogP contribution is -2.43. The summed E-state index contributed by atoms with van der Waals surface area (Å²) >= 11 is 0. The van der Waals surface area contributed by atoms with Crippen molar-refractivity contribution in [3.63, 3.8) is 0 Å². The van der Waals surface area contributed by atoms with E-state index in [1.807, 2.05) is 37.3 Å². The number of ketones is 1. The van der Waals surface area contributed by atoms with Gasteiger partial charge >= 0.3 is 0 Å². The third-order valence-corrected chi connectivity index (χ3v) is 5.24. The SMILES string of the molecule is CCOc1ccc(C(=O)CCC(=O)N2CCCC(C(=O)Nc3ccccc3)C2)cc1. The van der Waals surface area contributed by atoms with Crippen molar-refractivity contribution in [2.24, 2.45) is 5.92 Å². The summed E-state index contributed by atoms with van der Waals surface area (Å²) in [6, 6.07) is 16.3. The quantitative estimate of drug-likeness (QED) is 0.672. The van der Waals surface area contributed by atoms with Crippen LogP contribution in [0, 0.1) is 5.92 Å². The second-order valence-corrected chi connectivity index (χ2v) is 7.41. The van der Waals surface area contributed by atoms with Crippen LogP contribution in [0.25, 0.3) is 0 Å². The van der Waals surface area contributed by atoms with E-state index < -0.39 is 0 Å². The summed E-state index contributed by atoms with van der Waals surface area (Å²) in [5.74, 6) is 0.278. The maximum atomic E-state index is 12.6. The first-order valence-electron chi connectivity index (χ1n) is 10.5. The van der Waals surface area contributed by atoms with Gasteiger partial charge in [0.05, 0.1) is 12.5 Å².